The van der Waals surface area contributed by atoms with E-state index in [9.17, 15) is 19.2 Å². The number of aryl methyl sites for hydroxylation is 4. The predicted molar refractivity (Wildman–Crippen MR) is 391 cm³/mol. The summed E-state index contributed by atoms with van der Waals surface area (Å²) < 4.78 is 18.9. The second-order valence-electron chi connectivity index (χ2n) is 24.6. The van der Waals surface area contributed by atoms with E-state index in [0.29, 0.717) is 0 Å². The molecule has 18 rings (SSSR count). The second-order valence-corrected chi connectivity index (χ2v) is 28.9. The number of nitrogens with zero attached hydrogens (tertiary/aromatic N) is 4. The highest BCUT2D eigenvalue weighted by atomic mass is 32.1. The Morgan fingerprint density at radius 1 is 0.250 bits per heavy atom. The SMILES string of the molecule is CC(=O)c1ccc2c(c1)sc1c3cc4c(cc3n(-c3ccc(C)cc3)c21)c1sc2cc(C(C)=O)ccc2c1n4-c1ccc(C)cc1.CC(=O)c1ccc2c(c1)sc1c3cc4c(cc3n(-c3ccc(C)cc3)c21)c1sc2cc(C(C)=O)ccc2c1n4-c1ccc(C)cc1. The van der Waals surface area contributed by atoms with Crippen molar-refractivity contribution in [3.63, 3.8) is 0 Å². The van der Waals surface area contributed by atoms with Gasteiger partial charge >= 0.3 is 0 Å². The molecule has 0 aliphatic rings. The maximum Gasteiger partial charge on any atom is 0.159 e. The molecule has 92 heavy (non-hydrogen) atoms. The van der Waals surface area contributed by atoms with E-state index in [1.807, 2.05) is 48.5 Å². The Morgan fingerprint density at radius 2 is 0.446 bits per heavy atom. The summed E-state index contributed by atoms with van der Waals surface area (Å²) in [4.78, 5) is 49.2. The first kappa shape index (κ1) is 55.9. The first-order chi connectivity index (χ1) is 44.5. The number of hydrogen-bond acceptors (Lipinski definition) is 8. The number of benzene rings is 10. The van der Waals surface area contributed by atoms with Gasteiger partial charge < -0.3 is 18.3 Å². The number of rotatable bonds is 8. The van der Waals surface area contributed by atoms with Crippen molar-refractivity contribution in [1.82, 2.24) is 18.3 Å². The Bertz CT molecular complexity index is 5500. The highest BCUT2D eigenvalue weighted by molar-refractivity contribution is 7.28. The average Bonchev–Trinajstić information content (AvgIpc) is 1.57. The summed E-state index contributed by atoms with van der Waals surface area (Å²) in [5.74, 6) is 0.302. The van der Waals surface area contributed by atoms with Crippen LogP contribution >= 0.6 is 45.3 Å². The zero-order valence-corrected chi connectivity index (χ0v) is 54.8. The maximum absolute atomic E-state index is 12.3. The van der Waals surface area contributed by atoms with Crippen LogP contribution in [0.2, 0.25) is 0 Å². The molecule has 0 bridgehead atoms. The summed E-state index contributed by atoms with van der Waals surface area (Å²) in [6.07, 6.45) is 0. The Kier molecular flexibility index (Phi) is 12.6. The van der Waals surface area contributed by atoms with Crippen molar-refractivity contribution in [2.75, 3.05) is 0 Å². The Hall–Kier alpha value is -10.1. The highest BCUT2D eigenvalue weighted by Gasteiger charge is 2.27. The largest absolute Gasteiger partial charge is 0.308 e. The standard InChI is InChI=1S/2C40H28N2O2S2/c2*1-21-5-11-27(12-6-21)41-33-19-32-34(20-31(33)39-37(41)29-15-9-25(23(3)43)17-35(29)45-39)42(28-13-7-22(2)8-14-28)38-30-16-10-26(24(4)44)18-36(30)46-40(32)38/h2*5-20H,1-4H3. The number of Topliss-reactive ketones (excluding diaryl/α,β-unsaturated/α-hetero) is 4. The number of fused-ring (bicyclic) bond motifs is 20. The van der Waals surface area contributed by atoms with Crippen LogP contribution in [0.15, 0.2) is 194 Å². The highest BCUT2D eigenvalue weighted by Crippen LogP contribution is 2.51. The molecular formula is C80H56N4O4S4. The van der Waals surface area contributed by atoms with Crippen LogP contribution in [0.25, 0.3) is 148 Å². The average molecular weight is 1270 g/mol. The van der Waals surface area contributed by atoms with E-state index in [1.165, 1.54) is 84.7 Å². The molecule has 0 aliphatic heterocycles. The molecule has 0 unspecified atom stereocenters. The van der Waals surface area contributed by atoms with E-state index in [1.54, 1.807) is 73.0 Å². The van der Waals surface area contributed by atoms with Crippen LogP contribution in [0.3, 0.4) is 0 Å². The van der Waals surface area contributed by atoms with Gasteiger partial charge in [0.25, 0.3) is 0 Å². The summed E-state index contributed by atoms with van der Waals surface area (Å²) in [5.41, 5.74) is 21.5. The lowest BCUT2D eigenvalue weighted by molar-refractivity contribution is 0.100. The third-order valence-electron chi connectivity index (χ3n) is 18.5. The van der Waals surface area contributed by atoms with Gasteiger partial charge in [-0.05, 0) is 152 Å². The fourth-order valence-corrected chi connectivity index (χ4v) is 18.8. The van der Waals surface area contributed by atoms with E-state index in [4.69, 9.17) is 0 Å². The van der Waals surface area contributed by atoms with Gasteiger partial charge in [0.15, 0.2) is 23.1 Å². The smallest absolute Gasteiger partial charge is 0.159 e. The molecule has 8 aromatic heterocycles. The lowest BCUT2D eigenvalue weighted by Gasteiger charge is -2.11. The Morgan fingerprint density at radius 3 is 0.630 bits per heavy atom. The summed E-state index contributed by atoms with van der Waals surface area (Å²) in [5, 5.41) is 9.36. The number of thiophene rings is 4. The number of hydrogen-bond donors (Lipinski definition) is 0. The van der Waals surface area contributed by atoms with Gasteiger partial charge in [0.1, 0.15) is 0 Å². The first-order valence-corrected chi connectivity index (χ1v) is 33.9. The molecule has 0 fully saturated rings. The monoisotopic (exact) mass is 1260 g/mol. The van der Waals surface area contributed by atoms with Crippen molar-refractivity contribution in [3.05, 3.63) is 239 Å². The van der Waals surface area contributed by atoms with Crippen LogP contribution in [0.1, 0.15) is 91.4 Å². The third kappa shape index (κ3) is 8.51. The molecule has 0 saturated carbocycles. The molecular weight excluding hydrogens is 1210 g/mol. The summed E-state index contributed by atoms with van der Waals surface area (Å²) >= 11 is 7.03. The van der Waals surface area contributed by atoms with E-state index >= 15 is 0 Å². The number of aromatic nitrogens is 4. The topological polar surface area (TPSA) is 88.0 Å². The molecule has 0 N–H and O–H groups in total. The molecule has 444 valence electrons. The van der Waals surface area contributed by atoms with Crippen LogP contribution in [0, 0.1) is 27.7 Å². The van der Waals surface area contributed by atoms with Crippen LogP contribution in [0.4, 0.5) is 0 Å². The van der Waals surface area contributed by atoms with Crippen molar-refractivity contribution in [3.8, 4) is 22.7 Å². The van der Waals surface area contributed by atoms with Gasteiger partial charge in [0.2, 0.25) is 0 Å². The molecule has 0 aliphatic carbocycles. The molecule has 8 nitrogen and oxygen atoms in total. The molecule has 10 aromatic carbocycles. The van der Waals surface area contributed by atoms with E-state index in [-0.39, 0.29) is 23.1 Å². The van der Waals surface area contributed by atoms with Crippen LogP contribution in [0.5, 0.6) is 0 Å². The Labute approximate surface area is 543 Å². The van der Waals surface area contributed by atoms with Crippen molar-refractivity contribution >= 4 is 193 Å². The maximum atomic E-state index is 12.3. The van der Waals surface area contributed by atoms with Crippen molar-refractivity contribution < 1.29 is 19.2 Å². The molecule has 0 radical (unpaired) electrons. The Balaban J connectivity index is 0.000000141. The quantitative estimate of drug-likeness (QED) is 0.142. The van der Waals surface area contributed by atoms with Crippen LogP contribution in [-0.4, -0.2) is 41.4 Å². The molecule has 0 atom stereocenters. The number of ketones is 4. The van der Waals surface area contributed by atoms with Crippen molar-refractivity contribution in [2.45, 2.75) is 55.4 Å². The summed E-state index contributed by atoms with van der Waals surface area (Å²) in [6.45, 7) is 15.0. The van der Waals surface area contributed by atoms with E-state index < -0.39 is 0 Å². The normalized spacial score (nSPS) is 12.1. The molecule has 0 saturated heterocycles. The van der Waals surface area contributed by atoms with E-state index in [0.717, 1.165) is 107 Å². The fraction of sp³-hybridized carbons (Fsp3) is 0.100. The number of carbonyl (C=O) groups excluding carboxylic acids is 4. The van der Waals surface area contributed by atoms with Crippen molar-refractivity contribution in [1.29, 1.82) is 0 Å². The van der Waals surface area contributed by atoms with Gasteiger partial charge in [-0.1, -0.05) is 119 Å². The van der Waals surface area contributed by atoms with Crippen LogP contribution < -0.4 is 0 Å². The lowest BCUT2D eigenvalue weighted by Crippen LogP contribution is -1.96. The summed E-state index contributed by atoms with van der Waals surface area (Å²) in [6, 6.07) is 68.7. The molecule has 18 aromatic rings. The molecule has 8 heterocycles. The predicted octanol–water partition coefficient (Wildman–Crippen LogP) is 22.7. The zero-order chi connectivity index (χ0) is 62.9. The minimum absolute atomic E-state index is 0.0756. The zero-order valence-electron chi connectivity index (χ0n) is 51.5. The van der Waals surface area contributed by atoms with Gasteiger partial charge in [0.05, 0.1) is 62.9 Å². The molecule has 0 spiro atoms. The fourth-order valence-electron chi connectivity index (χ4n) is 13.8. The van der Waals surface area contributed by atoms with Gasteiger partial charge in [0, 0.05) is 107 Å². The third-order valence-corrected chi connectivity index (χ3v) is 23.2. The van der Waals surface area contributed by atoms with E-state index in [2.05, 4.69) is 192 Å². The van der Waals surface area contributed by atoms with Gasteiger partial charge in [-0.15, -0.1) is 45.3 Å². The minimum Gasteiger partial charge on any atom is -0.308 e. The first-order valence-electron chi connectivity index (χ1n) is 30.7. The minimum atomic E-state index is 0.0756. The molecule has 12 heteroatoms. The molecule has 0 amide bonds. The van der Waals surface area contributed by atoms with Gasteiger partial charge in [-0.2, -0.15) is 0 Å². The lowest BCUT2D eigenvalue weighted by atomic mass is 10.1. The van der Waals surface area contributed by atoms with Crippen LogP contribution in [-0.2, 0) is 0 Å². The second kappa shape index (κ2) is 20.7. The van der Waals surface area contributed by atoms with Crippen molar-refractivity contribution in [2.24, 2.45) is 0 Å². The van der Waals surface area contributed by atoms with Gasteiger partial charge in [-0.3, -0.25) is 19.2 Å². The number of carbonyl (C=O) groups is 4. The van der Waals surface area contributed by atoms with Gasteiger partial charge in [-0.25, -0.2) is 0 Å². The summed E-state index contributed by atoms with van der Waals surface area (Å²) in [7, 11) is 0.